The number of hydrogen-bond donors (Lipinski definition) is 1. The van der Waals surface area contributed by atoms with Crippen molar-refractivity contribution < 1.29 is 19.1 Å². The van der Waals surface area contributed by atoms with E-state index in [1.807, 2.05) is 6.07 Å². The number of nitrogens with zero attached hydrogens (tertiary/aromatic N) is 2. The smallest absolute Gasteiger partial charge is 0.268 e. The topological polar surface area (TPSA) is 82.0 Å². The van der Waals surface area contributed by atoms with Crippen LogP contribution in [-0.2, 0) is 9.63 Å². The second kappa shape index (κ2) is 7.40. The molecule has 0 fully saturated rings. The van der Waals surface area contributed by atoms with Crippen LogP contribution in [0.25, 0.3) is 0 Å². The van der Waals surface area contributed by atoms with E-state index in [0.717, 1.165) is 5.56 Å². The molecule has 1 amide bonds. The number of amides is 1. The van der Waals surface area contributed by atoms with Crippen molar-refractivity contribution in [2.24, 2.45) is 5.16 Å². The van der Waals surface area contributed by atoms with Crippen molar-refractivity contribution >= 4 is 28.9 Å². The molecule has 1 atom stereocenters. The molecule has 0 saturated carbocycles. The lowest BCUT2D eigenvalue weighted by Crippen LogP contribution is -2.28. The maximum atomic E-state index is 12.3. The van der Waals surface area contributed by atoms with Gasteiger partial charge in [-0.1, -0.05) is 16.8 Å². The van der Waals surface area contributed by atoms with Crippen LogP contribution in [0.4, 0.5) is 5.69 Å². The Morgan fingerprint density at radius 2 is 2.08 bits per heavy atom. The van der Waals surface area contributed by atoms with Gasteiger partial charge in [-0.15, -0.1) is 0 Å². The molecule has 2 heterocycles. The summed E-state index contributed by atoms with van der Waals surface area (Å²) in [7, 11) is 3.13. The molecule has 1 N–H and O–H groups in total. The van der Waals surface area contributed by atoms with E-state index in [1.165, 1.54) is 0 Å². The summed E-state index contributed by atoms with van der Waals surface area (Å²) in [5.74, 6) is 0.859. The standard InChI is InChI=1S/C17H16ClN3O4/c1-23-13-6-5-10(8-14(13)24-2)12-9-15(25-21-12)17(22)20-11-4-3-7-19-16(11)18/h3-8,15H,9H2,1-2H3,(H,20,22). The zero-order chi connectivity index (χ0) is 17.8. The lowest BCUT2D eigenvalue weighted by Gasteiger charge is -2.10. The summed E-state index contributed by atoms with van der Waals surface area (Å²) in [6.07, 6.45) is 1.14. The quantitative estimate of drug-likeness (QED) is 0.828. The van der Waals surface area contributed by atoms with Crippen molar-refractivity contribution in [2.45, 2.75) is 12.5 Å². The average Bonchev–Trinajstić information content (AvgIpc) is 3.13. The minimum Gasteiger partial charge on any atom is -0.493 e. The van der Waals surface area contributed by atoms with Gasteiger partial charge in [-0.25, -0.2) is 4.98 Å². The summed E-state index contributed by atoms with van der Waals surface area (Å²) in [5.41, 5.74) is 1.88. The van der Waals surface area contributed by atoms with Gasteiger partial charge in [0, 0.05) is 18.2 Å². The molecule has 8 heteroatoms. The molecule has 1 aromatic carbocycles. The zero-order valence-corrected chi connectivity index (χ0v) is 14.4. The Kier molecular flexibility index (Phi) is 5.04. The van der Waals surface area contributed by atoms with Gasteiger partial charge in [0.05, 0.1) is 25.6 Å². The maximum Gasteiger partial charge on any atom is 0.268 e. The fourth-order valence-corrected chi connectivity index (χ4v) is 2.56. The number of hydrogen-bond acceptors (Lipinski definition) is 6. The highest BCUT2D eigenvalue weighted by molar-refractivity contribution is 6.32. The van der Waals surface area contributed by atoms with Crippen molar-refractivity contribution in [2.75, 3.05) is 19.5 Å². The van der Waals surface area contributed by atoms with Crippen molar-refractivity contribution in [1.82, 2.24) is 4.98 Å². The summed E-state index contributed by atoms with van der Waals surface area (Å²) >= 11 is 5.94. The van der Waals surface area contributed by atoms with E-state index in [4.69, 9.17) is 25.9 Å². The summed E-state index contributed by atoms with van der Waals surface area (Å²) in [5, 5.41) is 6.92. The van der Waals surface area contributed by atoms with Gasteiger partial charge in [-0.2, -0.15) is 0 Å². The van der Waals surface area contributed by atoms with Crippen molar-refractivity contribution in [3.05, 3.63) is 47.2 Å². The second-order valence-electron chi connectivity index (χ2n) is 5.24. The predicted molar refractivity (Wildman–Crippen MR) is 93.4 cm³/mol. The number of ether oxygens (including phenoxy) is 2. The van der Waals surface area contributed by atoms with Gasteiger partial charge in [-0.05, 0) is 30.3 Å². The Hall–Kier alpha value is -2.80. The largest absolute Gasteiger partial charge is 0.493 e. The predicted octanol–water partition coefficient (Wildman–Crippen LogP) is 2.88. The third kappa shape index (κ3) is 3.66. The lowest BCUT2D eigenvalue weighted by atomic mass is 10.0. The lowest BCUT2D eigenvalue weighted by molar-refractivity contribution is -0.125. The van der Waals surface area contributed by atoms with Gasteiger partial charge < -0.3 is 19.6 Å². The summed E-state index contributed by atoms with van der Waals surface area (Å²) in [6.45, 7) is 0. The van der Waals surface area contributed by atoms with Crippen LogP contribution in [0.15, 0.2) is 41.7 Å². The minimum atomic E-state index is -0.737. The number of methoxy groups -OCH3 is 2. The van der Waals surface area contributed by atoms with Gasteiger partial charge in [0.15, 0.2) is 16.7 Å². The number of nitrogens with one attached hydrogen (secondary N) is 1. The van der Waals surface area contributed by atoms with Crippen LogP contribution in [0.5, 0.6) is 11.5 Å². The monoisotopic (exact) mass is 361 g/mol. The fraction of sp³-hybridized carbons (Fsp3) is 0.235. The van der Waals surface area contributed by atoms with Crippen LogP contribution < -0.4 is 14.8 Å². The fourth-order valence-electron chi connectivity index (χ4n) is 2.40. The van der Waals surface area contributed by atoms with Gasteiger partial charge in [0.25, 0.3) is 5.91 Å². The number of halogens is 1. The highest BCUT2D eigenvalue weighted by Gasteiger charge is 2.29. The van der Waals surface area contributed by atoms with Crippen LogP contribution in [-0.4, -0.2) is 36.9 Å². The molecular formula is C17H16ClN3O4. The SMILES string of the molecule is COc1ccc(C2=NOC(C(=O)Nc3cccnc3Cl)C2)cc1OC. The zero-order valence-electron chi connectivity index (χ0n) is 13.7. The van der Waals surface area contributed by atoms with Gasteiger partial charge >= 0.3 is 0 Å². The molecule has 25 heavy (non-hydrogen) atoms. The molecule has 0 saturated heterocycles. The first-order valence-corrected chi connectivity index (χ1v) is 7.86. The summed E-state index contributed by atoms with van der Waals surface area (Å²) in [6, 6.07) is 8.75. The molecule has 0 radical (unpaired) electrons. The maximum absolute atomic E-state index is 12.3. The third-order valence-corrected chi connectivity index (χ3v) is 4.00. The number of rotatable bonds is 5. The number of carbonyl (C=O) groups is 1. The van der Waals surface area contributed by atoms with E-state index >= 15 is 0 Å². The summed E-state index contributed by atoms with van der Waals surface area (Å²) < 4.78 is 10.5. The van der Waals surface area contributed by atoms with E-state index < -0.39 is 6.10 Å². The normalized spacial score (nSPS) is 16.0. The number of aromatic nitrogens is 1. The van der Waals surface area contributed by atoms with Crippen LogP contribution >= 0.6 is 11.6 Å². The van der Waals surface area contributed by atoms with E-state index in [0.29, 0.717) is 29.3 Å². The number of carbonyl (C=O) groups excluding carboxylic acids is 1. The molecule has 7 nitrogen and oxygen atoms in total. The van der Waals surface area contributed by atoms with Crippen LogP contribution in [0.1, 0.15) is 12.0 Å². The molecule has 1 aromatic heterocycles. The molecule has 1 aliphatic rings. The van der Waals surface area contributed by atoms with E-state index in [9.17, 15) is 4.79 Å². The Bertz CT molecular complexity index is 825. The highest BCUT2D eigenvalue weighted by atomic mass is 35.5. The highest BCUT2D eigenvalue weighted by Crippen LogP contribution is 2.29. The van der Waals surface area contributed by atoms with E-state index in [1.54, 1.807) is 44.7 Å². The number of anilines is 1. The molecule has 0 bridgehead atoms. The van der Waals surface area contributed by atoms with Crippen LogP contribution in [0.3, 0.4) is 0 Å². The number of oxime groups is 1. The molecule has 1 aliphatic heterocycles. The van der Waals surface area contributed by atoms with Gasteiger partial charge in [0.1, 0.15) is 0 Å². The van der Waals surface area contributed by atoms with Crippen LogP contribution in [0.2, 0.25) is 5.15 Å². The first-order valence-electron chi connectivity index (χ1n) is 7.49. The molecule has 3 rings (SSSR count). The van der Waals surface area contributed by atoms with E-state index in [-0.39, 0.29) is 11.1 Å². The average molecular weight is 362 g/mol. The minimum absolute atomic E-state index is 0.217. The first kappa shape index (κ1) is 17.0. The molecule has 0 aliphatic carbocycles. The number of pyridine rings is 1. The first-order chi connectivity index (χ1) is 12.1. The van der Waals surface area contributed by atoms with Gasteiger partial charge in [-0.3, -0.25) is 4.79 Å². The Morgan fingerprint density at radius 3 is 2.80 bits per heavy atom. The summed E-state index contributed by atoms with van der Waals surface area (Å²) in [4.78, 5) is 21.5. The van der Waals surface area contributed by atoms with Crippen LogP contribution in [0, 0.1) is 0 Å². The molecule has 1 unspecified atom stereocenters. The van der Waals surface area contributed by atoms with E-state index in [2.05, 4.69) is 15.5 Å². The van der Waals surface area contributed by atoms with Gasteiger partial charge in [0.2, 0.25) is 6.10 Å². The molecule has 2 aromatic rings. The van der Waals surface area contributed by atoms with Crippen molar-refractivity contribution in [3.63, 3.8) is 0 Å². The van der Waals surface area contributed by atoms with Crippen molar-refractivity contribution in [3.8, 4) is 11.5 Å². The third-order valence-electron chi connectivity index (χ3n) is 3.70. The molecule has 0 spiro atoms. The molecule has 130 valence electrons. The second-order valence-corrected chi connectivity index (χ2v) is 5.59. The Labute approximate surface area is 149 Å². The molecular weight excluding hydrogens is 346 g/mol. The number of benzene rings is 1. The van der Waals surface area contributed by atoms with Crippen molar-refractivity contribution in [1.29, 1.82) is 0 Å². The Morgan fingerprint density at radius 1 is 1.28 bits per heavy atom. The Balaban J connectivity index is 1.69.